The molecule has 3 rings (SSSR count). The molecule has 3 aromatic heterocycles. The summed E-state index contributed by atoms with van der Waals surface area (Å²) in [6, 6.07) is 5.66. The molecule has 0 radical (unpaired) electrons. The number of nitrogens with zero attached hydrogens (tertiary/aromatic N) is 3. The zero-order chi connectivity index (χ0) is 13.2. The number of carbonyl (C=O) groups excluding carboxylic acids is 1. The molecule has 2 N–H and O–H groups in total. The molecule has 0 fully saturated rings. The number of hydrogen-bond donors (Lipinski definition) is 2. The highest BCUT2D eigenvalue weighted by Gasteiger charge is 2.04. The van der Waals surface area contributed by atoms with Crippen LogP contribution in [0.5, 0.6) is 0 Å². The van der Waals surface area contributed by atoms with Gasteiger partial charge in [-0.25, -0.2) is 9.97 Å². The van der Waals surface area contributed by atoms with E-state index in [0.717, 1.165) is 22.2 Å². The van der Waals surface area contributed by atoms with Crippen LogP contribution in [0.1, 0.15) is 6.92 Å². The number of nitrogens with one attached hydrogen (secondary N) is 2. The normalized spacial score (nSPS) is 10.6. The zero-order valence-corrected chi connectivity index (χ0v) is 10.2. The summed E-state index contributed by atoms with van der Waals surface area (Å²) >= 11 is 0. The molecule has 0 aliphatic carbocycles. The number of anilines is 1. The lowest BCUT2D eigenvalue weighted by molar-refractivity contribution is -0.114. The van der Waals surface area contributed by atoms with Crippen molar-refractivity contribution in [3.8, 4) is 11.1 Å². The third-order valence-electron chi connectivity index (χ3n) is 2.69. The fourth-order valence-corrected chi connectivity index (χ4v) is 1.85. The van der Waals surface area contributed by atoms with Crippen LogP contribution in [-0.2, 0) is 4.79 Å². The number of rotatable bonds is 2. The van der Waals surface area contributed by atoms with Gasteiger partial charge in [0.05, 0.1) is 6.20 Å². The van der Waals surface area contributed by atoms with Crippen LogP contribution < -0.4 is 5.32 Å². The van der Waals surface area contributed by atoms with Crippen LogP contribution in [0.4, 0.5) is 5.82 Å². The number of pyridine rings is 2. The van der Waals surface area contributed by atoms with E-state index >= 15 is 0 Å². The molecule has 1 amide bonds. The average Bonchev–Trinajstić information content (AvgIpc) is 2.85. The maximum Gasteiger partial charge on any atom is 0.222 e. The number of fused-ring (bicyclic) bond motifs is 1. The topological polar surface area (TPSA) is 83.6 Å². The molecule has 0 aliphatic rings. The van der Waals surface area contributed by atoms with Crippen LogP contribution in [0.25, 0.3) is 22.2 Å². The molecule has 6 heteroatoms. The van der Waals surface area contributed by atoms with Crippen molar-refractivity contribution in [2.24, 2.45) is 0 Å². The summed E-state index contributed by atoms with van der Waals surface area (Å²) in [5.74, 6) is 0.380. The van der Waals surface area contributed by atoms with E-state index in [9.17, 15) is 4.79 Å². The molecular weight excluding hydrogens is 242 g/mol. The smallest absolute Gasteiger partial charge is 0.222 e. The Labute approximate surface area is 108 Å². The number of H-pyrrole nitrogens is 1. The van der Waals surface area contributed by atoms with Gasteiger partial charge in [-0.05, 0) is 23.8 Å². The summed E-state index contributed by atoms with van der Waals surface area (Å²) in [6.45, 7) is 1.45. The van der Waals surface area contributed by atoms with Gasteiger partial charge in [0.2, 0.25) is 5.91 Å². The first-order valence-corrected chi connectivity index (χ1v) is 5.75. The number of carbonyl (C=O) groups is 1. The first-order valence-electron chi connectivity index (χ1n) is 5.75. The Balaban J connectivity index is 2.02. The SMILES string of the molecule is CC(=O)Nc1cc(-c2cnc3[nH]ncc3c2)ccn1. The summed E-state index contributed by atoms with van der Waals surface area (Å²) in [5.41, 5.74) is 2.64. The van der Waals surface area contributed by atoms with E-state index in [-0.39, 0.29) is 5.91 Å². The molecule has 0 atom stereocenters. The minimum Gasteiger partial charge on any atom is -0.311 e. The van der Waals surface area contributed by atoms with E-state index in [2.05, 4.69) is 25.5 Å². The largest absolute Gasteiger partial charge is 0.311 e. The second kappa shape index (κ2) is 4.49. The lowest BCUT2D eigenvalue weighted by atomic mass is 10.1. The minimum atomic E-state index is -0.145. The summed E-state index contributed by atoms with van der Waals surface area (Å²) in [7, 11) is 0. The van der Waals surface area contributed by atoms with Crippen molar-refractivity contribution in [2.45, 2.75) is 6.92 Å². The van der Waals surface area contributed by atoms with Crippen molar-refractivity contribution in [3.05, 3.63) is 36.8 Å². The predicted octanol–water partition coefficient (Wildman–Crippen LogP) is 1.98. The molecule has 6 nitrogen and oxygen atoms in total. The van der Waals surface area contributed by atoms with Crippen molar-refractivity contribution in [1.82, 2.24) is 20.2 Å². The Morgan fingerprint density at radius 2 is 2.11 bits per heavy atom. The Morgan fingerprint density at radius 1 is 1.21 bits per heavy atom. The van der Waals surface area contributed by atoms with Gasteiger partial charge in [0.25, 0.3) is 0 Å². The van der Waals surface area contributed by atoms with Crippen molar-refractivity contribution in [2.75, 3.05) is 5.32 Å². The molecule has 0 spiro atoms. The first kappa shape index (κ1) is 11.3. The van der Waals surface area contributed by atoms with Gasteiger partial charge in [-0.15, -0.1) is 0 Å². The van der Waals surface area contributed by atoms with Crippen LogP contribution in [0.2, 0.25) is 0 Å². The number of amides is 1. The summed E-state index contributed by atoms with van der Waals surface area (Å²) in [6.07, 6.45) is 5.13. The molecule has 0 aromatic carbocycles. The van der Waals surface area contributed by atoms with Crippen LogP contribution in [0.3, 0.4) is 0 Å². The van der Waals surface area contributed by atoms with Gasteiger partial charge >= 0.3 is 0 Å². The van der Waals surface area contributed by atoms with E-state index in [0.29, 0.717) is 5.82 Å². The Kier molecular flexibility index (Phi) is 2.68. The van der Waals surface area contributed by atoms with Gasteiger partial charge in [0.1, 0.15) is 5.82 Å². The third-order valence-corrected chi connectivity index (χ3v) is 2.69. The maximum atomic E-state index is 11.0. The molecule has 19 heavy (non-hydrogen) atoms. The highest BCUT2D eigenvalue weighted by molar-refractivity contribution is 5.88. The monoisotopic (exact) mass is 253 g/mol. The predicted molar refractivity (Wildman–Crippen MR) is 71.4 cm³/mol. The molecule has 3 heterocycles. The van der Waals surface area contributed by atoms with E-state index in [1.807, 2.05) is 18.2 Å². The fraction of sp³-hybridized carbons (Fsp3) is 0.0769. The lowest BCUT2D eigenvalue weighted by Crippen LogP contribution is -2.07. The van der Waals surface area contributed by atoms with Gasteiger partial charge in [-0.1, -0.05) is 0 Å². The van der Waals surface area contributed by atoms with Crippen molar-refractivity contribution in [3.63, 3.8) is 0 Å². The Hall–Kier alpha value is -2.76. The molecule has 3 aromatic rings. The van der Waals surface area contributed by atoms with Crippen molar-refractivity contribution in [1.29, 1.82) is 0 Å². The average molecular weight is 253 g/mol. The third kappa shape index (κ3) is 2.28. The quantitative estimate of drug-likeness (QED) is 0.731. The molecule has 0 aliphatic heterocycles. The van der Waals surface area contributed by atoms with Gasteiger partial charge in [0, 0.05) is 30.3 Å². The van der Waals surface area contributed by atoms with Crippen molar-refractivity contribution >= 4 is 22.8 Å². The second-order valence-corrected chi connectivity index (χ2v) is 4.14. The second-order valence-electron chi connectivity index (χ2n) is 4.14. The highest BCUT2D eigenvalue weighted by atomic mass is 16.1. The summed E-state index contributed by atoms with van der Waals surface area (Å²) in [5, 5.41) is 10.3. The van der Waals surface area contributed by atoms with Crippen LogP contribution >= 0.6 is 0 Å². The summed E-state index contributed by atoms with van der Waals surface area (Å²) < 4.78 is 0. The van der Waals surface area contributed by atoms with E-state index in [1.54, 1.807) is 18.6 Å². The Bertz CT molecular complexity index is 749. The number of aromatic amines is 1. The van der Waals surface area contributed by atoms with Gasteiger partial charge in [0.15, 0.2) is 5.65 Å². The first-order chi connectivity index (χ1) is 9.22. The molecule has 0 bridgehead atoms. The van der Waals surface area contributed by atoms with Crippen LogP contribution in [0.15, 0.2) is 36.8 Å². The lowest BCUT2D eigenvalue weighted by Gasteiger charge is -2.04. The van der Waals surface area contributed by atoms with Crippen LogP contribution in [-0.4, -0.2) is 26.1 Å². The van der Waals surface area contributed by atoms with Gasteiger partial charge in [-0.2, -0.15) is 5.10 Å². The number of aromatic nitrogens is 4. The summed E-state index contributed by atoms with van der Waals surface area (Å²) in [4.78, 5) is 19.4. The molecule has 0 unspecified atom stereocenters. The maximum absolute atomic E-state index is 11.0. The Morgan fingerprint density at radius 3 is 2.95 bits per heavy atom. The molecule has 0 saturated carbocycles. The standard InChI is InChI=1S/C13H11N5O/c1-8(19)17-12-5-9(2-3-14-12)10-4-11-7-16-18-13(11)15-6-10/h2-7H,1H3,(H,14,17,19)(H,15,16,18). The van der Waals surface area contributed by atoms with Gasteiger partial charge in [-0.3, -0.25) is 9.89 Å². The van der Waals surface area contributed by atoms with Gasteiger partial charge < -0.3 is 5.32 Å². The molecule has 0 saturated heterocycles. The van der Waals surface area contributed by atoms with E-state index < -0.39 is 0 Å². The van der Waals surface area contributed by atoms with Crippen molar-refractivity contribution < 1.29 is 4.79 Å². The zero-order valence-electron chi connectivity index (χ0n) is 10.2. The van der Waals surface area contributed by atoms with E-state index in [1.165, 1.54) is 6.92 Å². The minimum absolute atomic E-state index is 0.145. The molecule has 94 valence electrons. The van der Waals surface area contributed by atoms with E-state index in [4.69, 9.17) is 0 Å². The highest BCUT2D eigenvalue weighted by Crippen LogP contribution is 2.23. The molecular formula is C13H11N5O. The van der Waals surface area contributed by atoms with Crippen LogP contribution in [0, 0.1) is 0 Å². The number of hydrogen-bond acceptors (Lipinski definition) is 4. The fourth-order valence-electron chi connectivity index (χ4n) is 1.85.